The van der Waals surface area contributed by atoms with Crippen LogP contribution in [0.15, 0.2) is 67.0 Å². The normalized spacial score (nSPS) is 10.4. The van der Waals surface area contributed by atoms with E-state index < -0.39 is 11.8 Å². The Labute approximate surface area is 126 Å². The second-order valence-corrected chi connectivity index (χ2v) is 4.76. The van der Waals surface area contributed by atoms with Gasteiger partial charge in [-0.15, -0.1) is 0 Å². The minimum Gasteiger partial charge on any atom is -0.478 e. The first kappa shape index (κ1) is 13.9. The lowest BCUT2D eigenvalue weighted by Crippen LogP contribution is -2.03. The molecule has 0 saturated carbocycles. The first-order valence-corrected chi connectivity index (χ1v) is 6.67. The smallest absolute Gasteiger partial charge is 0.337 e. The number of aromatic nitrogens is 1. The van der Waals surface area contributed by atoms with Crippen molar-refractivity contribution >= 4 is 17.3 Å². The van der Waals surface area contributed by atoms with Crippen molar-refractivity contribution in [3.05, 3.63) is 78.4 Å². The Morgan fingerprint density at radius 1 is 1.05 bits per heavy atom. The number of nitrogens with one attached hydrogen (secondary N) is 1. The zero-order valence-corrected chi connectivity index (χ0v) is 11.5. The van der Waals surface area contributed by atoms with Crippen molar-refractivity contribution in [3.63, 3.8) is 0 Å². The number of hydrogen-bond donors (Lipinski definition) is 2. The molecule has 0 bridgehead atoms. The number of rotatable bonds is 4. The van der Waals surface area contributed by atoms with Crippen molar-refractivity contribution in [1.29, 1.82) is 0 Å². The lowest BCUT2D eigenvalue weighted by Gasteiger charge is -2.11. The molecule has 0 spiro atoms. The van der Waals surface area contributed by atoms with E-state index in [4.69, 9.17) is 5.11 Å². The zero-order valence-electron chi connectivity index (χ0n) is 11.5. The van der Waals surface area contributed by atoms with E-state index in [1.54, 1.807) is 0 Å². The molecule has 5 heteroatoms. The Hall–Kier alpha value is -3.08. The Bertz CT molecular complexity index is 796. The van der Waals surface area contributed by atoms with Gasteiger partial charge in [0.05, 0.1) is 11.3 Å². The van der Waals surface area contributed by atoms with Crippen molar-refractivity contribution in [3.8, 4) is 5.69 Å². The van der Waals surface area contributed by atoms with E-state index in [-0.39, 0.29) is 11.3 Å². The van der Waals surface area contributed by atoms with E-state index in [1.807, 2.05) is 53.4 Å². The van der Waals surface area contributed by atoms with Crippen LogP contribution < -0.4 is 5.32 Å². The minimum absolute atomic E-state index is 0.0240. The highest BCUT2D eigenvalue weighted by Gasteiger charge is 2.11. The average molecular weight is 296 g/mol. The van der Waals surface area contributed by atoms with Crippen LogP contribution in [0.4, 0.5) is 15.8 Å². The molecule has 1 aromatic heterocycles. The highest BCUT2D eigenvalue weighted by molar-refractivity contribution is 5.95. The van der Waals surface area contributed by atoms with E-state index in [2.05, 4.69) is 5.32 Å². The van der Waals surface area contributed by atoms with Crippen molar-refractivity contribution in [2.24, 2.45) is 0 Å². The minimum atomic E-state index is -1.11. The molecule has 0 fully saturated rings. The number of halogens is 1. The number of aromatic carboxylic acids is 1. The molecule has 0 aliphatic heterocycles. The number of nitrogens with zero attached hydrogens (tertiary/aromatic N) is 1. The Balaban J connectivity index is 1.87. The van der Waals surface area contributed by atoms with Gasteiger partial charge >= 0.3 is 5.97 Å². The van der Waals surface area contributed by atoms with E-state index in [0.717, 1.165) is 11.8 Å². The molecule has 3 rings (SSSR count). The first-order chi connectivity index (χ1) is 10.6. The van der Waals surface area contributed by atoms with Gasteiger partial charge in [0, 0.05) is 23.8 Å². The second-order valence-electron chi connectivity index (χ2n) is 4.76. The van der Waals surface area contributed by atoms with Crippen LogP contribution in [0.3, 0.4) is 0 Å². The lowest BCUT2D eigenvalue weighted by molar-refractivity contribution is 0.0698. The topological polar surface area (TPSA) is 54.3 Å². The molecule has 0 aliphatic rings. The standard InChI is InChI=1S/C17H13FN2O2/c18-12-3-8-15(17(21)22)16(11-12)19-13-4-6-14(7-5-13)20-9-1-2-10-20/h1-11,19H,(H,21,22). The number of carbonyl (C=O) groups is 1. The molecule has 0 atom stereocenters. The van der Waals surface area contributed by atoms with Crippen molar-refractivity contribution in [2.45, 2.75) is 0 Å². The predicted molar refractivity (Wildman–Crippen MR) is 82.4 cm³/mol. The number of hydrogen-bond acceptors (Lipinski definition) is 2. The molecule has 2 aromatic carbocycles. The summed E-state index contributed by atoms with van der Waals surface area (Å²) >= 11 is 0. The maximum atomic E-state index is 13.3. The summed E-state index contributed by atoms with van der Waals surface area (Å²) in [7, 11) is 0. The molecule has 3 aromatic rings. The third kappa shape index (κ3) is 2.83. The van der Waals surface area contributed by atoms with Gasteiger partial charge < -0.3 is 15.0 Å². The van der Waals surface area contributed by atoms with E-state index >= 15 is 0 Å². The summed E-state index contributed by atoms with van der Waals surface area (Å²) in [5.74, 6) is -1.59. The molecule has 0 saturated heterocycles. The van der Waals surface area contributed by atoms with Gasteiger partial charge in [-0.05, 0) is 54.6 Å². The first-order valence-electron chi connectivity index (χ1n) is 6.67. The fraction of sp³-hybridized carbons (Fsp3) is 0. The maximum Gasteiger partial charge on any atom is 0.337 e. The Morgan fingerprint density at radius 3 is 2.36 bits per heavy atom. The molecule has 110 valence electrons. The van der Waals surface area contributed by atoms with Crippen LogP contribution in [0.2, 0.25) is 0 Å². The number of benzene rings is 2. The molecule has 22 heavy (non-hydrogen) atoms. The van der Waals surface area contributed by atoms with Gasteiger partial charge in [0.1, 0.15) is 5.82 Å². The maximum absolute atomic E-state index is 13.3. The van der Waals surface area contributed by atoms with Crippen molar-refractivity contribution < 1.29 is 14.3 Å². The summed E-state index contributed by atoms with van der Waals surface area (Å²) in [6, 6.07) is 14.8. The van der Waals surface area contributed by atoms with Crippen LogP contribution >= 0.6 is 0 Å². The third-order valence-corrected chi connectivity index (χ3v) is 3.26. The fourth-order valence-electron chi connectivity index (χ4n) is 2.19. The van der Waals surface area contributed by atoms with Gasteiger partial charge in [-0.25, -0.2) is 9.18 Å². The average Bonchev–Trinajstić information content (AvgIpc) is 3.02. The quantitative estimate of drug-likeness (QED) is 0.763. The molecule has 4 nitrogen and oxygen atoms in total. The summed E-state index contributed by atoms with van der Waals surface area (Å²) in [5, 5.41) is 12.1. The number of carboxylic acids is 1. The van der Waals surface area contributed by atoms with E-state index in [0.29, 0.717) is 5.69 Å². The van der Waals surface area contributed by atoms with Crippen molar-refractivity contribution in [1.82, 2.24) is 4.57 Å². The van der Waals surface area contributed by atoms with Crippen molar-refractivity contribution in [2.75, 3.05) is 5.32 Å². The predicted octanol–water partition coefficient (Wildman–Crippen LogP) is 4.06. The summed E-state index contributed by atoms with van der Waals surface area (Å²) in [6.07, 6.45) is 3.86. The molecule has 1 heterocycles. The van der Waals surface area contributed by atoms with Gasteiger partial charge in [0.25, 0.3) is 0 Å². The highest BCUT2D eigenvalue weighted by atomic mass is 19.1. The Morgan fingerprint density at radius 2 is 1.73 bits per heavy atom. The number of carboxylic acid groups (broad SMARTS) is 1. The molecular formula is C17H13FN2O2. The van der Waals surface area contributed by atoms with Gasteiger partial charge in [-0.1, -0.05) is 0 Å². The fourth-order valence-corrected chi connectivity index (χ4v) is 2.19. The molecule has 2 N–H and O–H groups in total. The number of anilines is 2. The van der Waals surface area contributed by atoms with Crippen LogP contribution in [0.5, 0.6) is 0 Å². The molecule has 0 aliphatic carbocycles. The molecule has 0 amide bonds. The molecule has 0 unspecified atom stereocenters. The third-order valence-electron chi connectivity index (χ3n) is 3.26. The van der Waals surface area contributed by atoms with Gasteiger partial charge in [-0.2, -0.15) is 0 Å². The van der Waals surface area contributed by atoms with Crippen LogP contribution in [0.25, 0.3) is 5.69 Å². The van der Waals surface area contributed by atoms with Gasteiger partial charge in [0.15, 0.2) is 0 Å². The summed E-state index contributed by atoms with van der Waals surface area (Å²) in [5.41, 5.74) is 1.91. The Kier molecular flexibility index (Phi) is 3.62. The van der Waals surface area contributed by atoms with Gasteiger partial charge in [-0.3, -0.25) is 0 Å². The van der Waals surface area contributed by atoms with Crippen LogP contribution in [0.1, 0.15) is 10.4 Å². The van der Waals surface area contributed by atoms with Crippen LogP contribution in [-0.4, -0.2) is 15.6 Å². The summed E-state index contributed by atoms with van der Waals surface area (Å²) in [6.45, 7) is 0. The second kappa shape index (κ2) is 5.73. The zero-order chi connectivity index (χ0) is 15.5. The lowest BCUT2D eigenvalue weighted by atomic mass is 10.1. The molecular weight excluding hydrogens is 283 g/mol. The summed E-state index contributed by atoms with van der Waals surface area (Å²) in [4.78, 5) is 11.2. The largest absolute Gasteiger partial charge is 0.478 e. The monoisotopic (exact) mass is 296 g/mol. The SMILES string of the molecule is O=C(O)c1ccc(F)cc1Nc1ccc(-n2cccc2)cc1. The molecule has 0 radical (unpaired) electrons. The van der Waals surface area contributed by atoms with Gasteiger partial charge in [0.2, 0.25) is 0 Å². The van der Waals surface area contributed by atoms with E-state index in [1.165, 1.54) is 12.1 Å². The highest BCUT2D eigenvalue weighted by Crippen LogP contribution is 2.23. The van der Waals surface area contributed by atoms with E-state index in [9.17, 15) is 9.18 Å². The summed E-state index contributed by atoms with van der Waals surface area (Å²) < 4.78 is 15.3. The van der Waals surface area contributed by atoms with Crippen LogP contribution in [-0.2, 0) is 0 Å². The van der Waals surface area contributed by atoms with Crippen LogP contribution in [0, 0.1) is 5.82 Å².